The molecule has 2 rings (SSSR count). The van der Waals surface area contributed by atoms with Crippen LogP contribution in [0.1, 0.15) is 27.4 Å². The number of amides is 1. The van der Waals surface area contributed by atoms with E-state index in [2.05, 4.69) is 16.4 Å². The summed E-state index contributed by atoms with van der Waals surface area (Å²) in [6, 6.07) is 9.11. The van der Waals surface area contributed by atoms with Gasteiger partial charge in [0.15, 0.2) is 6.39 Å². The Bertz CT molecular complexity index is 611. The van der Waals surface area contributed by atoms with E-state index in [1.165, 1.54) is 6.39 Å². The minimum absolute atomic E-state index is 0.214. The molecule has 1 amide bonds. The zero-order valence-electron chi connectivity index (χ0n) is 9.80. The van der Waals surface area contributed by atoms with E-state index in [4.69, 9.17) is 9.68 Å². The maximum Gasteiger partial charge on any atom is 0.289 e. The van der Waals surface area contributed by atoms with Gasteiger partial charge in [0.1, 0.15) is 0 Å². The fourth-order valence-electron chi connectivity index (χ4n) is 1.53. The predicted molar refractivity (Wildman–Crippen MR) is 63.6 cm³/mol. The zero-order chi connectivity index (χ0) is 13.0. The van der Waals surface area contributed by atoms with Gasteiger partial charge in [-0.2, -0.15) is 5.26 Å². The molecule has 1 aromatic heterocycles. The fraction of sp³-hybridized carbons (Fsp3) is 0.154. The Morgan fingerprint density at radius 3 is 3.06 bits per heavy atom. The molecule has 0 aliphatic carbocycles. The van der Waals surface area contributed by atoms with Crippen molar-refractivity contribution in [3.63, 3.8) is 0 Å². The summed E-state index contributed by atoms with van der Waals surface area (Å²) >= 11 is 0. The molecule has 5 heteroatoms. The quantitative estimate of drug-likeness (QED) is 0.888. The first-order valence-corrected chi connectivity index (χ1v) is 5.38. The second kappa shape index (κ2) is 5.15. The largest absolute Gasteiger partial charge is 0.438 e. The van der Waals surface area contributed by atoms with Crippen LogP contribution in [0.15, 0.2) is 35.1 Å². The summed E-state index contributed by atoms with van der Waals surface area (Å²) in [6.07, 6.45) is 1.24. The van der Waals surface area contributed by atoms with Crippen molar-refractivity contribution in [1.29, 1.82) is 5.26 Å². The highest BCUT2D eigenvalue weighted by atomic mass is 16.3. The Labute approximate surface area is 104 Å². The molecule has 0 spiro atoms. The number of nitrogens with zero attached hydrogens (tertiary/aromatic N) is 2. The highest BCUT2D eigenvalue weighted by Crippen LogP contribution is 2.07. The third-order valence-corrected chi connectivity index (χ3v) is 2.46. The summed E-state index contributed by atoms with van der Waals surface area (Å²) in [4.78, 5) is 15.6. The molecule has 0 saturated carbocycles. The lowest BCUT2D eigenvalue weighted by atomic mass is 10.1. The summed E-state index contributed by atoms with van der Waals surface area (Å²) in [5.41, 5.74) is 1.98. The van der Waals surface area contributed by atoms with Gasteiger partial charge in [0, 0.05) is 6.54 Å². The standard InChI is InChI=1S/C13H11N3O2/c1-9-12(18-8-16-9)13(17)15-7-11-4-2-3-10(5-11)6-14/h2-5,8H,7H2,1H3,(H,15,17). The number of nitrogens with one attached hydrogen (secondary N) is 1. The maximum absolute atomic E-state index is 11.7. The third-order valence-electron chi connectivity index (χ3n) is 2.46. The molecule has 1 aromatic carbocycles. The number of rotatable bonds is 3. The summed E-state index contributed by atoms with van der Waals surface area (Å²) in [5.74, 6) is -0.0983. The summed E-state index contributed by atoms with van der Waals surface area (Å²) in [7, 11) is 0. The van der Waals surface area contributed by atoms with Crippen molar-refractivity contribution < 1.29 is 9.21 Å². The fourth-order valence-corrected chi connectivity index (χ4v) is 1.53. The number of hydrogen-bond donors (Lipinski definition) is 1. The summed E-state index contributed by atoms with van der Waals surface area (Å²) in [5, 5.41) is 11.5. The van der Waals surface area contributed by atoms with Gasteiger partial charge in [-0.3, -0.25) is 4.79 Å². The summed E-state index contributed by atoms with van der Waals surface area (Å²) in [6.45, 7) is 2.04. The van der Waals surface area contributed by atoms with Crippen molar-refractivity contribution in [3.05, 3.63) is 53.2 Å². The predicted octanol–water partition coefficient (Wildman–Crippen LogP) is 1.78. The number of oxazole rings is 1. The zero-order valence-corrected chi connectivity index (χ0v) is 9.80. The van der Waals surface area contributed by atoms with Gasteiger partial charge in [-0.15, -0.1) is 0 Å². The lowest BCUT2D eigenvalue weighted by Gasteiger charge is -2.03. The first-order valence-electron chi connectivity index (χ1n) is 5.38. The van der Waals surface area contributed by atoms with E-state index in [0.29, 0.717) is 17.8 Å². The number of nitriles is 1. The van der Waals surface area contributed by atoms with Crippen molar-refractivity contribution >= 4 is 5.91 Å². The molecular weight excluding hydrogens is 230 g/mol. The van der Waals surface area contributed by atoms with E-state index in [1.54, 1.807) is 25.1 Å². The lowest BCUT2D eigenvalue weighted by Crippen LogP contribution is -2.23. The van der Waals surface area contributed by atoms with Crippen LogP contribution in [0.3, 0.4) is 0 Å². The van der Waals surface area contributed by atoms with Crippen molar-refractivity contribution in [2.24, 2.45) is 0 Å². The second-order valence-corrected chi connectivity index (χ2v) is 3.76. The van der Waals surface area contributed by atoms with Gasteiger partial charge in [-0.1, -0.05) is 12.1 Å². The van der Waals surface area contributed by atoms with Crippen LogP contribution in [0, 0.1) is 18.3 Å². The summed E-state index contributed by atoms with van der Waals surface area (Å²) < 4.78 is 4.98. The van der Waals surface area contributed by atoms with Crippen LogP contribution in [0.4, 0.5) is 0 Å². The Morgan fingerprint density at radius 1 is 1.56 bits per heavy atom. The number of aromatic nitrogens is 1. The molecule has 0 saturated heterocycles. The van der Waals surface area contributed by atoms with Gasteiger partial charge in [0.25, 0.3) is 5.91 Å². The Kier molecular flexibility index (Phi) is 3.39. The molecule has 2 aromatic rings. The van der Waals surface area contributed by atoms with Crippen LogP contribution in [0.2, 0.25) is 0 Å². The lowest BCUT2D eigenvalue weighted by molar-refractivity contribution is 0.0922. The molecule has 0 atom stereocenters. The number of carbonyl (C=O) groups is 1. The molecule has 0 bridgehead atoms. The molecule has 0 fully saturated rings. The molecule has 90 valence electrons. The van der Waals surface area contributed by atoms with E-state index in [-0.39, 0.29) is 11.7 Å². The SMILES string of the molecule is Cc1ncoc1C(=O)NCc1cccc(C#N)c1. The van der Waals surface area contributed by atoms with Gasteiger partial charge < -0.3 is 9.73 Å². The molecule has 5 nitrogen and oxygen atoms in total. The average molecular weight is 241 g/mol. The van der Waals surface area contributed by atoms with Crippen molar-refractivity contribution in [2.45, 2.75) is 13.5 Å². The van der Waals surface area contributed by atoms with Crippen LogP contribution >= 0.6 is 0 Å². The monoisotopic (exact) mass is 241 g/mol. The van der Waals surface area contributed by atoms with E-state index in [0.717, 1.165) is 5.56 Å². The smallest absolute Gasteiger partial charge is 0.289 e. The van der Waals surface area contributed by atoms with Crippen molar-refractivity contribution in [1.82, 2.24) is 10.3 Å². The molecule has 0 aliphatic rings. The maximum atomic E-state index is 11.7. The molecular formula is C13H11N3O2. The van der Waals surface area contributed by atoms with E-state index < -0.39 is 0 Å². The molecule has 0 radical (unpaired) electrons. The Hall–Kier alpha value is -2.61. The van der Waals surface area contributed by atoms with Crippen LogP contribution < -0.4 is 5.32 Å². The van der Waals surface area contributed by atoms with Crippen molar-refractivity contribution in [3.8, 4) is 6.07 Å². The van der Waals surface area contributed by atoms with Crippen LogP contribution in [0.5, 0.6) is 0 Å². The van der Waals surface area contributed by atoms with Crippen LogP contribution in [-0.2, 0) is 6.54 Å². The minimum Gasteiger partial charge on any atom is -0.438 e. The van der Waals surface area contributed by atoms with Gasteiger partial charge in [-0.05, 0) is 24.6 Å². The first-order chi connectivity index (χ1) is 8.70. The van der Waals surface area contributed by atoms with Gasteiger partial charge in [-0.25, -0.2) is 4.98 Å². The molecule has 0 aliphatic heterocycles. The molecule has 18 heavy (non-hydrogen) atoms. The topological polar surface area (TPSA) is 78.9 Å². The van der Waals surface area contributed by atoms with Gasteiger partial charge in [0.05, 0.1) is 17.3 Å². The van der Waals surface area contributed by atoms with Crippen LogP contribution in [0.25, 0.3) is 0 Å². The molecule has 1 heterocycles. The molecule has 1 N–H and O–H groups in total. The number of benzene rings is 1. The number of carbonyl (C=O) groups excluding carboxylic acids is 1. The number of aryl methyl sites for hydroxylation is 1. The van der Waals surface area contributed by atoms with Crippen molar-refractivity contribution in [2.75, 3.05) is 0 Å². The first kappa shape index (κ1) is 11.9. The van der Waals surface area contributed by atoms with Gasteiger partial charge in [0.2, 0.25) is 5.76 Å². The van der Waals surface area contributed by atoms with E-state index in [1.807, 2.05) is 6.07 Å². The van der Waals surface area contributed by atoms with Crippen LogP contribution in [-0.4, -0.2) is 10.9 Å². The Balaban J connectivity index is 2.02. The Morgan fingerprint density at radius 2 is 2.39 bits per heavy atom. The minimum atomic E-state index is -0.313. The van der Waals surface area contributed by atoms with Gasteiger partial charge >= 0.3 is 0 Å². The normalized spacial score (nSPS) is 9.78. The highest BCUT2D eigenvalue weighted by Gasteiger charge is 2.13. The third kappa shape index (κ3) is 2.55. The number of hydrogen-bond acceptors (Lipinski definition) is 4. The van der Waals surface area contributed by atoms with E-state index in [9.17, 15) is 4.79 Å². The highest BCUT2D eigenvalue weighted by molar-refractivity contribution is 5.92. The molecule has 0 unspecified atom stereocenters. The second-order valence-electron chi connectivity index (χ2n) is 3.76. The van der Waals surface area contributed by atoms with E-state index >= 15 is 0 Å². The average Bonchev–Trinajstić information content (AvgIpc) is 2.82.